The number of hydrogen-bond donors (Lipinski definition) is 2. The van der Waals surface area contributed by atoms with Crippen LogP contribution in [0.25, 0.3) is 11.3 Å². The van der Waals surface area contributed by atoms with Gasteiger partial charge in [0, 0.05) is 5.56 Å². The number of carbonyl (C=O) groups is 1. The molecule has 4 aliphatic carbocycles. The first kappa shape index (κ1) is 19.1. The Labute approximate surface area is 171 Å². The lowest BCUT2D eigenvalue weighted by molar-refractivity contribution is -0.145. The fourth-order valence-corrected chi connectivity index (χ4v) is 5.85. The van der Waals surface area contributed by atoms with Crippen LogP contribution in [0, 0.1) is 30.1 Å². The Balaban J connectivity index is 0.00000192. The molecule has 1 amide bonds. The van der Waals surface area contributed by atoms with Crippen LogP contribution in [0.1, 0.15) is 44.1 Å². The molecular weight excluding hydrogens is 374 g/mol. The first-order valence-electron chi connectivity index (χ1n) is 9.93. The van der Waals surface area contributed by atoms with Crippen LogP contribution in [0.4, 0.5) is 5.95 Å². The van der Waals surface area contributed by atoms with Crippen molar-refractivity contribution in [3.8, 4) is 11.3 Å². The molecule has 4 fully saturated rings. The van der Waals surface area contributed by atoms with Crippen molar-refractivity contribution in [3.05, 3.63) is 36.0 Å². The fourth-order valence-electron chi connectivity index (χ4n) is 5.85. The molecule has 0 unspecified atom stereocenters. The lowest BCUT2D eigenvalue weighted by Gasteiger charge is -2.55. The maximum absolute atomic E-state index is 13.0. The van der Waals surface area contributed by atoms with Crippen molar-refractivity contribution in [2.75, 3.05) is 5.43 Å². The first-order chi connectivity index (χ1) is 13.1. The molecular formula is C21H26ClN5O. The molecule has 0 spiro atoms. The van der Waals surface area contributed by atoms with Crippen LogP contribution in [-0.4, -0.2) is 21.1 Å². The normalized spacial score (nSPS) is 29.8. The van der Waals surface area contributed by atoms with Crippen LogP contribution in [0.2, 0.25) is 0 Å². The monoisotopic (exact) mass is 399 g/mol. The number of carbonyl (C=O) groups excluding carboxylic acids is 1. The van der Waals surface area contributed by atoms with Gasteiger partial charge in [-0.1, -0.05) is 29.8 Å². The second-order valence-corrected chi connectivity index (χ2v) is 8.81. The van der Waals surface area contributed by atoms with Crippen molar-refractivity contribution in [3.63, 3.8) is 0 Å². The highest BCUT2D eigenvalue weighted by Gasteiger charge is 2.54. The Hall–Kier alpha value is -2.21. The second kappa shape index (κ2) is 7.32. The number of hydrazine groups is 1. The van der Waals surface area contributed by atoms with Gasteiger partial charge in [-0.3, -0.25) is 15.6 Å². The highest BCUT2D eigenvalue weighted by atomic mass is 35.5. The van der Waals surface area contributed by atoms with Crippen molar-refractivity contribution < 1.29 is 4.79 Å². The van der Waals surface area contributed by atoms with Crippen LogP contribution in [0.15, 0.2) is 30.5 Å². The van der Waals surface area contributed by atoms with Crippen LogP contribution in [0.3, 0.4) is 0 Å². The van der Waals surface area contributed by atoms with Gasteiger partial charge in [-0.15, -0.1) is 17.5 Å². The van der Waals surface area contributed by atoms with Gasteiger partial charge in [0.2, 0.25) is 5.91 Å². The predicted molar refractivity (Wildman–Crippen MR) is 110 cm³/mol. The zero-order valence-electron chi connectivity index (χ0n) is 16.0. The largest absolute Gasteiger partial charge is 0.273 e. The summed E-state index contributed by atoms with van der Waals surface area (Å²) in [5, 5.41) is 8.04. The maximum atomic E-state index is 13.0. The number of amides is 1. The molecule has 0 radical (unpaired) electrons. The molecule has 148 valence electrons. The Morgan fingerprint density at radius 3 is 2.25 bits per heavy atom. The fraction of sp³-hybridized carbons (Fsp3) is 0.524. The van der Waals surface area contributed by atoms with Crippen LogP contribution in [0.5, 0.6) is 0 Å². The molecule has 0 atom stereocenters. The van der Waals surface area contributed by atoms with Gasteiger partial charge < -0.3 is 0 Å². The van der Waals surface area contributed by atoms with Crippen molar-refractivity contribution in [2.45, 2.75) is 45.4 Å². The van der Waals surface area contributed by atoms with Crippen molar-refractivity contribution >= 4 is 24.3 Å². The number of halogens is 1. The number of rotatable bonds is 4. The Bertz CT molecular complexity index is 834. The summed E-state index contributed by atoms with van der Waals surface area (Å²) >= 11 is 0. The average molecular weight is 400 g/mol. The van der Waals surface area contributed by atoms with Crippen molar-refractivity contribution in [1.82, 2.24) is 20.6 Å². The molecule has 6 rings (SSSR count). The van der Waals surface area contributed by atoms with Crippen molar-refractivity contribution in [2.24, 2.45) is 23.2 Å². The third-order valence-corrected chi connectivity index (χ3v) is 6.71. The highest BCUT2D eigenvalue weighted by Crippen LogP contribution is 2.60. The minimum absolute atomic E-state index is 0. The molecule has 4 bridgehead atoms. The summed E-state index contributed by atoms with van der Waals surface area (Å²) in [4.78, 5) is 17.5. The van der Waals surface area contributed by atoms with Crippen molar-refractivity contribution in [1.29, 1.82) is 0 Å². The van der Waals surface area contributed by atoms with Gasteiger partial charge in [0.05, 0.1) is 17.3 Å². The number of aromatic nitrogens is 3. The van der Waals surface area contributed by atoms with Gasteiger partial charge in [-0.25, -0.2) is 4.98 Å². The summed E-state index contributed by atoms with van der Waals surface area (Å²) in [5.41, 5.74) is 8.51. The first-order valence-corrected chi connectivity index (χ1v) is 9.93. The van der Waals surface area contributed by atoms with Crippen LogP contribution >= 0.6 is 12.4 Å². The van der Waals surface area contributed by atoms with E-state index in [9.17, 15) is 4.79 Å². The summed E-state index contributed by atoms with van der Waals surface area (Å²) in [7, 11) is 0. The number of hydrogen-bond acceptors (Lipinski definition) is 5. The third-order valence-electron chi connectivity index (χ3n) is 6.71. The number of anilines is 1. The molecule has 1 heterocycles. The number of aryl methyl sites for hydroxylation is 1. The summed E-state index contributed by atoms with van der Waals surface area (Å²) in [6.45, 7) is 2.05. The molecule has 0 aliphatic heterocycles. The topological polar surface area (TPSA) is 79.8 Å². The van der Waals surface area contributed by atoms with Crippen LogP contribution < -0.4 is 10.9 Å². The van der Waals surface area contributed by atoms with Gasteiger partial charge in [0.25, 0.3) is 5.95 Å². The zero-order chi connectivity index (χ0) is 18.4. The molecule has 1 aromatic heterocycles. The lowest BCUT2D eigenvalue weighted by atomic mass is 9.49. The Kier molecular flexibility index (Phi) is 5.00. The number of nitrogens with one attached hydrogen (secondary N) is 2. The molecule has 2 N–H and O–H groups in total. The summed E-state index contributed by atoms with van der Waals surface area (Å²) in [6.07, 6.45) is 8.72. The Morgan fingerprint density at radius 2 is 1.64 bits per heavy atom. The second-order valence-electron chi connectivity index (χ2n) is 8.81. The van der Waals surface area contributed by atoms with Gasteiger partial charge in [-0.05, 0) is 63.2 Å². The van der Waals surface area contributed by atoms with E-state index in [0.717, 1.165) is 48.3 Å². The summed E-state index contributed by atoms with van der Waals surface area (Å²) in [5.74, 6) is 2.65. The predicted octanol–water partition coefficient (Wildman–Crippen LogP) is 3.93. The summed E-state index contributed by atoms with van der Waals surface area (Å²) in [6, 6.07) is 8.10. The highest BCUT2D eigenvalue weighted by molar-refractivity contribution is 5.85. The average Bonchev–Trinajstić information content (AvgIpc) is 2.66. The Morgan fingerprint density at radius 1 is 1.04 bits per heavy atom. The van der Waals surface area contributed by atoms with Gasteiger partial charge in [0.1, 0.15) is 0 Å². The SMILES string of the molecule is Cc1ccc(-c2cnnc(NNC(=O)C34CC5CC(CC(C5)C3)C4)n2)cc1.Cl. The zero-order valence-corrected chi connectivity index (χ0v) is 16.8. The van der Waals surface area contributed by atoms with E-state index in [-0.39, 0.29) is 23.7 Å². The van der Waals surface area contributed by atoms with Gasteiger partial charge in [0.15, 0.2) is 0 Å². The number of benzene rings is 1. The third kappa shape index (κ3) is 3.46. The molecule has 1 aromatic carbocycles. The quantitative estimate of drug-likeness (QED) is 0.761. The lowest BCUT2D eigenvalue weighted by Crippen LogP contribution is -2.54. The molecule has 6 nitrogen and oxygen atoms in total. The standard InChI is InChI=1S/C21H25N5O.ClH/c1-13-2-4-17(5-3-13)18-12-22-25-20(23-18)26-24-19(27)21-9-14-6-15(10-21)8-16(7-14)11-21;/h2-5,12,14-16H,6-11H2,1H3,(H,24,27)(H,23,25,26);1H. The van der Waals surface area contributed by atoms with E-state index in [1.807, 2.05) is 24.3 Å². The summed E-state index contributed by atoms with van der Waals surface area (Å²) < 4.78 is 0. The van der Waals surface area contributed by atoms with E-state index in [1.165, 1.54) is 24.8 Å². The van der Waals surface area contributed by atoms with E-state index in [4.69, 9.17) is 0 Å². The molecule has 0 saturated heterocycles. The smallest absolute Gasteiger partial charge is 0.262 e. The van der Waals surface area contributed by atoms with E-state index in [2.05, 4.69) is 33.0 Å². The molecule has 4 saturated carbocycles. The number of nitrogens with zero attached hydrogens (tertiary/aromatic N) is 3. The minimum atomic E-state index is -0.191. The maximum Gasteiger partial charge on any atom is 0.262 e. The molecule has 7 heteroatoms. The molecule has 28 heavy (non-hydrogen) atoms. The molecule has 4 aliphatic rings. The van der Waals surface area contributed by atoms with Gasteiger partial charge >= 0.3 is 0 Å². The van der Waals surface area contributed by atoms with E-state index < -0.39 is 0 Å². The van der Waals surface area contributed by atoms with Gasteiger partial charge in [-0.2, -0.15) is 5.10 Å². The van der Waals surface area contributed by atoms with Crippen LogP contribution in [-0.2, 0) is 4.79 Å². The molecule has 2 aromatic rings. The van der Waals surface area contributed by atoms with E-state index >= 15 is 0 Å². The van der Waals surface area contributed by atoms with E-state index in [0.29, 0.717) is 5.95 Å². The minimum Gasteiger partial charge on any atom is -0.273 e. The van der Waals surface area contributed by atoms with E-state index in [1.54, 1.807) is 6.20 Å².